The molecule has 1 aromatic carbocycles. The zero-order valence-corrected chi connectivity index (χ0v) is 20.5. The standard InChI is InChI=1S/C23H33N5O4S/c1-4-32-23(30)28-13-11-26(12-14-28)21(29)9-10-27(15-16-31-3)22-24-20(25-33-22)17-19-7-5-18(2)6-8-19/h5-8H,4,9-17H2,1-3H3. The van der Waals surface area contributed by atoms with Gasteiger partial charge < -0.3 is 24.2 Å². The van der Waals surface area contributed by atoms with Crippen LogP contribution in [0.25, 0.3) is 0 Å². The third-order valence-electron chi connectivity index (χ3n) is 5.53. The molecule has 1 aromatic heterocycles. The summed E-state index contributed by atoms with van der Waals surface area (Å²) in [6, 6.07) is 8.37. The van der Waals surface area contributed by atoms with Gasteiger partial charge in [-0.1, -0.05) is 29.8 Å². The van der Waals surface area contributed by atoms with E-state index in [2.05, 4.69) is 40.5 Å². The molecule has 1 saturated heterocycles. The van der Waals surface area contributed by atoms with Crippen LogP contribution < -0.4 is 4.90 Å². The largest absolute Gasteiger partial charge is 0.450 e. The molecule has 2 aromatic rings. The lowest BCUT2D eigenvalue weighted by atomic mass is 10.1. The minimum atomic E-state index is -0.312. The number of carbonyl (C=O) groups is 2. The van der Waals surface area contributed by atoms with Gasteiger partial charge in [0.2, 0.25) is 11.0 Å². The number of nitrogens with zero attached hydrogens (tertiary/aromatic N) is 5. The molecule has 2 amide bonds. The van der Waals surface area contributed by atoms with E-state index in [0.717, 1.165) is 11.0 Å². The highest BCUT2D eigenvalue weighted by Gasteiger charge is 2.25. The van der Waals surface area contributed by atoms with Gasteiger partial charge >= 0.3 is 6.09 Å². The fourth-order valence-corrected chi connectivity index (χ4v) is 4.32. The highest BCUT2D eigenvalue weighted by Crippen LogP contribution is 2.20. The maximum atomic E-state index is 12.8. The Balaban J connectivity index is 1.53. The molecule has 180 valence electrons. The number of hydrogen-bond acceptors (Lipinski definition) is 8. The van der Waals surface area contributed by atoms with Crippen LogP contribution in [0.4, 0.5) is 9.93 Å². The average Bonchev–Trinajstić information content (AvgIpc) is 3.29. The van der Waals surface area contributed by atoms with Crippen molar-refractivity contribution < 1.29 is 19.1 Å². The van der Waals surface area contributed by atoms with Crippen LogP contribution in [-0.4, -0.2) is 90.7 Å². The molecule has 0 saturated carbocycles. The fraction of sp³-hybridized carbons (Fsp3) is 0.565. The maximum Gasteiger partial charge on any atom is 0.409 e. The molecule has 0 spiro atoms. The summed E-state index contributed by atoms with van der Waals surface area (Å²) in [5.74, 6) is 0.855. The second kappa shape index (κ2) is 12.5. The quantitative estimate of drug-likeness (QED) is 0.522. The molecule has 1 aliphatic heterocycles. The number of hydrogen-bond donors (Lipinski definition) is 0. The lowest BCUT2D eigenvalue weighted by Gasteiger charge is -2.34. The third kappa shape index (κ3) is 7.40. The molecule has 1 fully saturated rings. The molecular formula is C23H33N5O4S. The lowest BCUT2D eigenvalue weighted by Crippen LogP contribution is -2.51. The van der Waals surface area contributed by atoms with E-state index >= 15 is 0 Å². The number of benzene rings is 1. The topological polar surface area (TPSA) is 88.1 Å². The van der Waals surface area contributed by atoms with Crippen molar-refractivity contribution in [1.82, 2.24) is 19.2 Å². The molecular weight excluding hydrogens is 442 g/mol. The first kappa shape index (κ1) is 24.9. The van der Waals surface area contributed by atoms with Gasteiger partial charge in [-0.05, 0) is 19.4 Å². The van der Waals surface area contributed by atoms with E-state index in [1.807, 2.05) is 4.90 Å². The Morgan fingerprint density at radius 3 is 2.45 bits per heavy atom. The molecule has 0 bridgehead atoms. The van der Waals surface area contributed by atoms with Gasteiger partial charge in [0.15, 0.2) is 0 Å². The molecule has 0 aliphatic carbocycles. The second-order valence-corrected chi connectivity index (χ2v) is 8.68. The van der Waals surface area contributed by atoms with Gasteiger partial charge in [0.05, 0.1) is 13.2 Å². The van der Waals surface area contributed by atoms with E-state index in [4.69, 9.17) is 14.5 Å². The second-order valence-electron chi connectivity index (χ2n) is 7.95. The molecule has 1 aliphatic rings. The van der Waals surface area contributed by atoms with Crippen molar-refractivity contribution in [2.24, 2.45) is 0 Å². The molecule has 3 rings (SSSR count). The number of anilines is 1. The van der Waals surface area contributed by atoms with Gasteiger partial charge in [-0.25, -0.2) is 9.78 Å². The zero-order valence-electron chi connectivity index (χ0n) is 19.7. The van der Waals surface area contributed by atoms with Crippen molar-refractivity contribution >= 4 is 28.7 Å². The molecule has 0 atom stereocenters. The van der Waals surface area contributed by atoms with Crippen molar-refractivity contribution in [2.75, 3.05) is 64.5 Å². The van der Waals surface area contributed by atoms with Crippen molar-refractivity contribution in [3.8, 4) is 0 Å². The van der Waals surface area contributed by atoms with E-state index in [1.54, 1.807) is 18.9 Å². The number of piperazine rings is 1. The van der Waals surface area contributed by atoms with Crippen LogP contribution in [0.2, 0.25) is 0 Å². The molecule has 33 heavy (non-hydrogen) atoms. The number of methoxy groups -OCH3 is 1. The fourth-order valence-electron chi connectivity index (χ4n) is 3.58. The molecule has 9 nitrogen and oxygen atoms in total. The van der Waals surface area contributed by atoms with Crippen molar-refractivity contribution in [3.05, 3.63) is 41.2 Å². The summed E-state index contributed by atoms with van der Waals surface area (Å²) in [5.41, 5.74) is 2.40. The minimum absolute atomic E-state index is 0.0744. The van der Waals surface area contributed by atoms with Crippen LogP contribution in [0.1, 0.15) is 30.3 Å². The average molecular weight is 476 g/mol. The Morgan fingerprint density at radius 2 is 1.79 bits per heavy atom. The number of aromatic nitrogens is 2. The lowest BCUT2D eigenvalue weighted by molar-refractivity contribution is -0.132. The SMILES string of the molecule is CCOC(=O)N1CCN(C(=O)CCN(CCOC)c2nc(Cc3ccc(C)cc3)ns2)CC1. The minimum Gasteiger partial charge on any atom is -0.450 e. The Labute approximate surface area is 199 Å². The Hall–Kier alpha value is -2.72. The number of aryl methyl sites for hydroxylation is 1. The van der Waals surface area contributed by atoms with E-state index in [9.17, 15) is 9.59 Å². The highest BCUT2D eigenvalue weighted by molar-refractivity contribution is 7.09. The normalized spacial score (nSPS) is 13.8. The summed E-state index contributed by atoms with van der Waals surface area (Å²) in [6.45, 7) is 7.97. The predicted molar refractivity (Wildman–Crippen MR) is 128 cm³/mol. The summed E-state index contributed by atoms with van der Waals surface area (Å²) in [7, 11) is 1.66. The van der Waals surface area contributed by atoms with Crippen molar-refractivity contribution in [2.45, 2.75) is 26.7 Å². The van der Waals surface area contributed by atoms with Gasteiger partial charge in [-0.2, -0.15) is 4.37 Å². The molecule has 0 N–H and O–H groups in total. The first-order valence-electron chi connectivity index (χ1n) is 11.3. The maximum absolute atomic E-state index is 12.8. The zero-order chi connectivity index (χ0) is 23.6. The van der Waals surface area contributed by atoms with E-state index in [0.29, 0.717) is 65.3 Å². The first-order valence-corrected chi connectivity index (χ1v) is 12.1. The summed E-state index contributed by atoms with van der Waals surface area (Å²) in [4.78, 5) is 34.9. The Morgan fingerprint density at radius 1 is 1.09 bits per heavy atom. The van der Waals surface area contributed by atoms with Crippen molar-refractivity contribution in [1.29, 1.82) is 0 Å². The van der Waals surface area contributed by atoms with Gasteiger partial charge in [0, 0.05) is 70.8 Å². The van der Waals surface area contributed by atoms with E-state index in [1.165, 1.54) is 22.7 Å². The summed E-state index contributed by atoms with van der Waals surface area (Å²) < 4.78 is 14.8. The van der Waals surface area contributed by atoms with Crippen LogP contribution in [0.5, 0.6) is 0 Å². The summed E-state index contributed by atoms with van der Waals surface area (Å²) in [5, 5.41) is 0.800. The molecule has 0 unspecified atom stereocenters. The van der Waals surface area contributed by atoms with Crippen molar-refractivity contribution in [3.63, 3.8) is 0 Å². The molecule has 0 radical (unpaired) electrons. The Kier molecular flexibility index (Phi) is 9.44. The Bertz CT molecular complexity index is 897. The third-order valence-corrected chi connectivity index (χ3v) is 6.34. The monoisotopic (exact) mass is 475 g/mol. The van der Waals surface area contributed by atoms with Crippen LogP contribution in [0.15, 0.2) is 24.3 Å². The van der Waals surface area contributed by atoms with Crippen LogP contribution in [0, 0.1) is 6.92 Å². The number of rotatable bonds is 10. The van der Waals surface area contributed by atoms with Crippen LogP contribution in [0.3, 0.4) is 0 Å². The van der Waals surface area contributed by atoms with Crippen LogP contribution in [-0.2, 0) is 20.7 Å². The molecule has 10 heteroatoms. The van der Waals surface area contributed by atoms with E-state index < -0.39 is 0 Å². The van der Waals surface area contributed by atoms with E-state index in [-0.39, 0.29) is 12.0 Å². The van der Waals surface area contributed by atoms with Gasteiger partial charge in [0.25, 0.3) is 0 Å². The van der Waals surface area contributed by atoms with Gasteiger partial charge in [0.1, 0.15) is 5.82 Å². The number of ether oxygens (including phenoxy) is 2. The number of amides is 2. The summed E-state index contributed by atoms with van der Waals surface area (Å²) in [6.07, 6.45) is 0.738. The highest BCUT2D eigenvalue weighted by atomic mass is 32.1. The van der Waals surface area contributed by atoms with Crippen LogP contribution >= 0.6 is 11.5 Å². The van der Waals surface area contributed by atoms with Gasteiger partial charge in [-0.3, -0.25) is 4.79 Å². The number of carbonyl (C=O) groups excluding carboxylic acids is 2. The molecule has 2 heterocycles. The smallest absolute Gasteiger partial charge is 0.409 e. The predicted octanol–water partition coefficient (Wildman–Crippen LogP) is 2.58. The summed E-state index contributed by atoms with van der Waals surface area (Å²) >= 11 is 1.35. The van der Waals surface area contributed by atoms with Gasteiger partial charge in [-0.15, -0.1) is 0 Å². The first-order chi connectivity index (χ1) is 16.0.